The lowest BCUT2D eigenvalue weighted by Crippen LogP contribution is -2.46. The summed E-state index contributed by atoms with van der Waals surface area (Å²) in [6.07, 6.45) is 6.13. The van der Waals surface area contributed by atoms with E-state index in [-0.39, 0.29) is 41.3 Å². The molecule has 1 aromatic carbocycles. The van der Waals surface area contributed by atoms with Crippen molar-refractivity contribution >= 4 is 27.5 Å². The highest BCUT2D eigenvalue weighted by Gasteiger charge is 2.34. The zero-order valence-electron chi connectivity index (χ0n) is 17.4. The van der Waals surface area contributed by atoms with Gasteiger partial charge in [-0.2, -0.15) is 0 Å². The fourth-order valence-corrected chi connectivity index (χ4v) is 5.32. The first kappa shape index (κ1) is 20.7. The van der Waals surface area contributed by atoms with Crippen LogP contribution in [0.5, 0.6) is 11.5 Å². The minimum atomic E-state index is -3.57. The van der Waals surface area contributed by atoms with Gasteiger partial charge in [0.1, 0.15) is 13.2 Å². The van der Waals surface area contributed by atoms with Crippen LogP contribution in [0.4, 0.5) is 0 Å². The van der Waals surface area contributed by atoms with Crippen molar-refractivity contribution < 1.29 is 27.5 Å². The number of benzene rings is 1. The molecule has 0 aromatic heterocycles. The van der Waals surface area contributed by atoms with E-state index in [2.05, 4.69) is 4.40 Å². The van der Waals surface area contributed by atoms with Gasteiger partial charge >= 0.3 is 0 Å². The van der Waals surface area contributed by atoms with Crippen LogP contribution in [-0.4, -0.2) is 74.3 Å². The van der Waals surface area contributed by atoms with Crippen LogP contribution in [0.15, 0.2) is 46.5 Å². The number of piperidine rings is 1. The van der Waals surface area contributed by atoms with Gasteiger partial charge in [-0.3, -0.25) is 9.59 Å². The Kier molecular flexibility index (Phi) is 5.24. The summed E-state index contributed by atoms with van der Waals surface area (Å²) in [6, 6.07) is 5.24. The molecule has 0 unspecified atom stereocenters. The largest absolute Gasteiger partial charge is 0.486 e. The Labute approximate surface area is 186 Å². The van der Waals surface area contributed by atoms with Crippen molar-refractivity contribution in [3.63, 3.8) is 0 Å². The van der Waals surface area contributed by atoms with Gasteiger partial charge in [-0.1, -0.05) is 0 Å². The Balaban J connectivity index is 1.26. The molecule has 0 radical (unpaired) electrons. The van der Waals surface area contributed by atoms with Crippen LogP contribution in [0.2, 0.25) is 0 Å². The summed E-state index contributed by atoms with van der Waals surface area (Å²) in [5.74, 6) is 0.909. The summed E-state index contributed by atoms with van der Waals surface area (Å²) in [4.78, 5) is 29.5. The van der Waals surface area contributed by atoms with Crippen LogP contribution in [0, 0.1) is 5.92 Å². The number of rotatable bonds is 3. The van der Waals surface area contributed by atoms with Gasteiger partial charge in [0.25, 0.3) is 15.9 Å². The summed E-state index contributed by atoms with van der Waals surface area (Å²) < 4.78 is 38.8. The quantitative estimate of drug-likeness (QED) is 0.632. The molecule has 0 spiro atoms. The van der Waals surface area contributed by atoms with Crippen molar-refractivity contribution in [1.29, 1.82) is 0 Å². The second kappa shape index (κ2) is 8.09. The summed E-state index contributed by atoms with van der Waals surface area (Å²) >= 11 is 0. The first-order valence-electron chi connectivity index (χ1n) is 10.6. The number of carbonyl (C=O) groups excluding carboxylic acids is 2. The van der Waals surface area contributed by atoms with E-state index in [0.29, 0.717) is 56.2 Å². The van der Waals surface area contributed by atoms with Gasteiger partial charge in [-0.05, 0) is 43.2 Å². The number of sulfonamides is 1. The molecule has 9 nitrogen and oxygen atoms in total. The van der Waals surface area contributed by atoms with Crippen LogP contribution >= 0.6 is 0 Å². The third-order valence-electron chi connectivity index (χ3n) is 6.07. The Morgan fingerprint density at radius 3 is 2.56 bits per heavy atom. The van der Waals surface area contributed by atoms with E-state index < -0.39 is 10.0 Å². The maximum atomic E-state index is 13.1. The highest BCUT2D eigenvalue weighted by molar-refractivity contribution is 7.90. The van der Waals surface area contributed by atoms with E-state index in [9.17, 15) is 18.0 Å². The molecule has 4 aliphatic heterocycles. The smallest absolute Gasteiger partial charge is 0.257 e. The Bertz CT molecular complexity index is 1160. The molecule has 1 amide bonds. The van der Waals surface area contributed by atoms with E-state index in [1.807, 2.05) is 0 Å². The number of ketones is 1. The van der Waals surface area contributed by atoms with Gasteiger partial charge in [0.05, 0.1) is 11.3 Å². The second-order valence-electron chi connectivity index (χ2n) is 8.11. The molecule has 1 aromatic rings. The average molecular weight is 458 g/mol. The number of amidine groups is 1. The van der Waals surface area contributed by atoms with Crippen molar-refractivity contribution in [1.82, 2.24) is 9.80 Å². The standard InChI is InChI=1S/C22H23N3O6S/c26-20(16-3-4-18-19(14-16)31-12-11-30-18)15-5-8-25(9-6-15)22(27)17-2-1-7-24-10-13-32(28,29)23-21(17)24/h1-4,7,14-15H,5-6,8-13H2. The second-order valence-corrected chi connectivity index (χ2v) is 9.86. The normalized spacial score (nSPS) is 22.0. The van der Waals surface area contributed by atoms with Crippen LogP contribution in [0.3, 0.4) is 0 Å². The highest BCUT2D eigenvalue weighted by Crippen LogP contribution is 2.33. The third-order valence-corrected chi connectivity index (χ3v) is 7.22. The summed E-state index contributed by atoms with van der Waals surface area (Å²) in [7, 11) is -3.57. The molecule has 0 atom stereocenters. The third kappa shape index (κ3) is 3.90. The molecular weight excluding hydrogens is 434 g/mol. The van der Waals surface area contributed by atoms with Crippen molar-refractivity contribution in [3.8, 4) is 11.5 Å². The molecule has 0 saturated carbocycles. The number of Topliss-reactive ketones (excluding diaryl/α,β-unsaturated/α-hetero) is 1. The van der Waals surface area contributed by atoms with E-state index in [4.69, 9.17) is 9.47 Å². The first-order valence-corrected chi connectivity index (χ1v) is 12.2. The number of ether oxygens (including phenoxy) is 2. The first-order chi connectivity index (χ1) is 15.4. The van der Waals surface area contributed by atoms with E-state index in [1.165, 1.54) is 0 Å². The Morgan fingerprint density at radius 2 is 1.78 bits per heavy atom. The molecule has 10 heteroatoms. The molecule has 168 valence electrons. The molecular formula is C22H23N3O6S. The van der Waals surface area contributed by atoms with Crippen molar-refractivity contribution in [2.75, 3.05) is 38.6 Å². The van der Waals surface area contributed by atoms with E-state index in [0.717, 1.165) is 0 Å². The van der Waals surface area contributed by atoms with Gasteiger partial charge in [0.2, 0.25) is 0 Å². The molecule has 4 aliphatic rings. The molecule has 1 fully saturated rings. The number of hydrogen-bond acceptors (Lipinski definition) is 7. The lowest BCUT2D eigenvalue weighted by molar-refractivity contribution is -0.127. The van der Waals surface area contributed by atoms with E-state index >= 15 is 0 Å². The minimum Gasteiger partial charge on any atom is -0.486 e. The minimum absolute atomic E-state index is 0.0304. The average Bonchev–Trinajstić information content (AvgIpc) is 2.82. The van der Waals surface area contributed by atoms with Crippen LogP contribution in [-0.2, 0) is 14.8 Å². The number of fused-ring (bicyclic) bond motifs is 2. The van der Waals surface area contributed by atoms with Gasteiger partial charge in [-0.25, -0.2) is 8.42 Å². The number of likely N-dealkylation sites (tertiary alicyclic amines) is 1. The molecule has 0 N–H and O–H groups in total. The van der Waals surface area contributed by atoms with Gasteiger partial charge in [-0.15, -0.1) is 4.40 Å². The van der Waals surface area contributed by atoms with Gasteiger partial charge < -0.3 is 19.3 Å². The fraction of sp³-hybridized carbons (Fsp3) is 0.409. The number of amides is 1. The summed E-state index contributed by atoms with van der Waals surface area (Å²) in [5, 5.41) is 0. The Hall–Kier alpha value is -3.14. The lowest BCUT2D eigenvalue weighted by atomic mass is 9.88. The molecule has 5 rings (SSSR count). The Morgan fingerprint density at radius 1 is 1.03 bits per heavy atom. The maximum absolute atomic E-state index is 13.1. The predicted molar refractivity (Wildman–Crippen MR) is 116 cm³/mol. The number of allylic oxidation sites excluding steroid dienone is 2. The van der Waals surface area contributed by atoms with Crippen LogP contribution in [0.1, 0.15) is 23.2 Å². The summed E-state index contributed by atoms with van der Waals surface area (Å²) in [6.45, 7) is 2.06. The molecule has 0 bridgehead atoms. The van der Waals surface area contributed by atoms with Gasteiger partial charge in [0, 0.05) is 37.3 Å². The maximum Gasteiger partial charge on any atom is 0.257 e. The lowest BCUT2D eigenvalue weighted by Gasteiger charge is -2.34. The highest BCUT2D eigenvalue weighted by atomic mass is 32.2. The van der Waals surface area contributed by atoms with Gasteiger partial charge in [0.15, 0.2) is 23.1 Å². The topological polar surface area (TPSA) is 106 Å². The number of hydrogen-bond donors (Lipinski definition) is 0. The zero-order chi connectivity index (χ0) is 22.3. The molecule has 0 aliphatic carbocycles. The summed E-state index contributed by atoms with van der Waals surface area (Å²) in [5.41, 5.74) is 0.851. The zero-order valence-corrected chi connectivity index (χ0v) is 18.2. The number of nitrogens with zero attached hydrogens (tertiary/aromatic N) is 3. The fourth-order valence-electron chi connectivity index (χ4n) is 4.33. The van der Waals surface area contributed by atoms with Crippen molar-refractivity contribution in [2.45, 2.75) is 12.8 Å². The van der Waals surface area contributed by atoms with Crippen LogP contribution in [0.25, 0.3) is 0 Å². The van der Waals surface area contributed by atoms with Crippen LogP contribution < -0.4 is 9.47 Å². The molecule has 32 heavy (non-hydrogen) atoms. The monoisotopic (exact) mass is 457 g/mol. The van der Waals surface area contributed by atoms with E-state index in [1.54, 1.807) is 46.4 Å². The molecule has 4 heterocycles. The molecule has 1 saturated heterocycles. The van der Waals surface area contributed by atoms with Crippen molar-refractivity contribution in [3.05, 3.63) is 47.7 Å². The predicted octanol–water partition coefficient (Wildman–Crippen LogP) is 1.38. The van der Waals surface area contributed by atoms with Crippen molar-refractivity contribution in [2.24, 2.45) is 10.3 Å². The number of carbonyl (C=O) groups is 2. The SMILES string of the molecule is O=C(c1ccc2c(c1)OCCO2)C1CCN(C(=O)C2=CC=CN3CCS(=O)(=O)N=C23)CC1.